The van der Waals surface area contributed by atoms with E-state index in [1.807, 2.05) is 12.1 Å². The van der Waals surface area contributed by atoms with E-state index in [0.717, 1.165) is 11.3 Å². The van der Waals surface area contributed by atoms with E-state index in [1.165, 1.54) is 18.7 Å². The van der Waals surface area contributed by atoms with Crippen LogP contribution in [0.1, 0.15) is 18.1 Å². The maximum Gasteiger partial charge on any atom is 0.230 e. The molecule has 2 N–H and O–H groups in total. The molecule has 20 heavy (non-hydrogen) atoms. The third-order valence-electron chi connectivity index (χ3n) is 2.41. The quantitative estimate of drug-likeness (QED) is 0.736. The third-order valence-corrected chi connectivity index (χ3v) is 3.41. The van der Waals surface area contributed by atoms with E-state index in [9.17, 15) is 9.59 Å². The van der Waals surface area contributed by atoms with Gasteiger partial charge in [0.25, 0.3) is 0 Å². The van der Waals surface area contributed by atoms with Gasteiger partial charge in [0.2, 0.25) is 11.8 Å². The van der Waals surface area contributed by atoms with Gasteiger partial charge >= 0.3 is 0 Å². The van der Waals surface area contributed by atoms with Gasteiger partial charge in [-0.1, -0.05) is 12.1 Å². The molecule has 0 saturated heterocycles. The average molecular weight is 291 g/mol. The maximum absolute atomic E-state index is 11.5. The van der Waals surface area contributed by atoms with Gasteiger partial charge < -0.3 is 10.6 Å². The van der Waals surface area contributed by atoms with Gasteiger partial charge in [0.1, 0.15) is 0 Å². The molecule has 0 heterocycles. The fourth-order valence-corrected chi connectivity index (χ4v) is 2.25. The fraction of sp³-hybridized carbons (Fsp3) is 0.357. The van der Waals surface area contributed by atoms with Gasteiger partial charge in [-0.2, -0.15) is 5.26 Å². The van der Waals surface area contributed by atoms with E-state index in [4.69, 9.17) is 5.26 Å². The second-order valence-corrected chi connectivity index (χ2v) is 5.12. The molecule has 1 aromatic rings. The number of hydrogen-bond acceptors (Lipinski definition) is 4. The van der Waals surface area contributed by atoms with Crippen molar-refractivity contribution in [3.63, 3.8) is 0 Å². The summed E-state index contributed by atoms with van der Waals surface area (Å²) in [5.41, 5.74) is 1.72. The molecule has 0 atom stereocenters. The predicted octanol–water partition coefficient (Wildman–Crippen LogP) is 1.04. The molecule has 6 heteroatoms. The summed E-state index contributed by atoms with van der Waals surface area (Å²) in [6, 6.07) is 9.38. The molecule has 0 aromatic heterocycles. The second kappa shape index (κ2) is 8.99. The largest absolute Gasteiger partial charge is 0.355 e. The molecule has 0 aliphatic carbocycles. The highest BCUT2D eigenvalue weighted by Gasteiger charge is 2.02. The lowest BCUT2D eigenvalue weighted by Gasteiger charge is -2.05. The van der Waals surface area contributed by atoms with Gasteiger partial charge in [-0.25, -0.2) is 0 Å². The Hall–Kier alpha value is -2.00. The standard InChI is InChI=1S/C14H17N3O2S/c1-11(18)16-6-7-17-14(19)10-20-9-13-4-2-12(8-15)3-5-13/h2-5H,6-7,9-10H2,1H3,(H,16,18)(H,17,19). The maximum atomic E-state index is 11.5. The van der Waals surface area contributed by atoms with Crippen molar-refractivity contribution in [1.29, 1.82) is 5.26 Å². The van der Waals surface area contributed by atoms with Crippen LogP contribution in [-0.4, -0.2) is 30.7 Å². The zero-order chi connectivity index (χ0) is 14.8. The van der Waals surface area contributed by atoms with Crippen molar-refractivity contribution in [2.75, 3.05) is 18.8 Å². The molecule has 106 valence electrons. The number of carbonyl (C=O) groups excluding carboxylic acids is 2. The summed E-state index contributed by atoms with van der Waals surface area (Å²) in [5, 5.41) is 14.0. The van der Waals surface area contributed by atoms with Crippen molar-refractivity contribution < 1.29 is 9.59 Å². The van der Waals surface area contributed by atoms with Crippen molar-refractivity contribution >= 4 is 23.6 Å². The van der Waals surface area contributed by atoms with Crippen molar-refractivity contribution in [3.8, 4) is 6.07 Å². The number of amides is 2. The first kappa shape index (κ1) is 16.1. The second-order valence-electron chi connectivity index (χ2n) is 4.13. The van der Waals surface area contributed by atoms with E-state index in [2.05, 4.69) is 16.7 Å². The van der Waals surface area contributed by atoms with Gasteiger partial charge in [-0.05, 0) is 17.7 Å². The Morgan fingerprint density at radius 3 is 2.45 bits per heavy atom. The zero-order valence-electron chi connectivity index (χ0n) is 11.3. The van der Waals surface area contributed by atoms with Crippen LogP contribution >= 0.6 is 11.8 Å². The molecule has 0 aliphatic rings. The normalized spacial score (nSPS) is 9.60. The molecular weight excluding hydrogens is 274 g/mol. The first-order chi connectivity index (χ1) is 9.61. The van der Waals surface area contributed by atoms with Crippen molar-refractivity contribution in [2.24, 2.45) is 0 Å². The Kier molecular flexibility index (Phi) is 7.22. The molecule has 0 spiro atoms. The first-order valence-corrected chi connectivity index (χ1v) is 7.35. The highest BCUT2D eigenvalue weighted by molar-refractivity contribution is 7.99. The SMILES string of the molecule is CC(=O)NCCNC(=O)CSCc1ccc(C#N)cc1. The Bertz CT molecular complexity index is 494. The van der Waals surface area contributed by atoms with Crippen molar-refractivity contribution in [1.82, 2.24) is 10.6 Å². The monoisotopic (exact) mass is 291 g/mol. The Morgan fingerprint density at radius 2 is 1.85 bits per heavy atom. The van der Waals surface area contributed by atoms with Crippen molar-refractivity contribution in [2.45, 2.75) is 12.7 Å². The number of nitriles is 1. The molecule has 0 saturated carbocycles. The van der Waals surface area contributed by atoms with Crippen LogP contribution in [0.2, 0.25) is 0 Å². The predicted molar refractivity (Wildman–Crippen MR) is 79.0 cm³/mol. The van der Waals surface area contributed by atoms with Crippen LogP contribution in [0.25, 0.3) is 0 Å². The molecule has 0 fully saturated rings. The Labute approximate surface area is 122 Å². The van der Waals surface area contributed by atoms with E-state index in [1.54, 1.807) is 12.1 Å². The molecular formula is C14H17N3O2S. The van der Waals surface area contributed by atoms with Crippen LogP contribution in [0, 0.1) is 11.3 Å². The summed E-state index contributed by atoms with van der Waals surface area (Å²) in [4.78, 5) is 22.1. The van der Waals surface area contributed by atoms with Crippen LogP contribution in [0.4, 0.5) is 0 Å². The summed E-state index contributed by atoms with van der Waals surface area (Å²) >= 11 is 1.51. The number of rotatable bonds is 7. The number of nitrogens with zero attached hydrogens (tertiary/aromatic N) is 1. The summed E-state index contributed by atoms with van der Waals surface area (Å²) in [5.74, 6) is 0.952. The van der Waals surface area contributed by atoms with Crippen LogP contribution < -0.4 is 10.6 Å². The average Bonchev–Trinajstić information content (AvgIpc) is 2.44. The lowest BCUT2D eigenvalue weighted by molar-refractivity contribution is -0.120. The highest BCUT2D eigenvalue weighted by atomic mass is 32.2. The Morgan fingerprint density at radius 1 is 1.20 bits per heavy atom. The minimum atomic E-state index is -0.102. The summed E-state index contributed by atoms with van der Waals surface area (Å²) in [7, 11) is 0. The van der Waals surface area contributed by atoms with Crippen LogP contribution in [-0.2, 0) is 15.3 Å². The lowest BCUT2D eigenvalue weighted by Crippen LogP contribution is -2.34. The van der Waals surface area contributed by atoms with Crippen LogP contribution in [0.5, 0.6) is 0 Å². The highest BCUT2D eigenvalue weighted by Crippen LogP contribution is 2.12. The van der Waals surface area contributed by atoms with Crippen LogP contribution in [0.3, 0.4) is 0 Å². The smallest absolute Gasteiger partial charge is 0.230 e. The molecule has 0 unspecified atom stereocenters. The van der Waals surface area contributed by atoms with Gasteiger partial charge in [0.15, 0.2) is 0 Å². The number of benzene rings is 1. The fourth-order valence-electron chi connectivity index (χ4n) is 1.43. The van der Waals surface area contributed by atoms with Gasteiger partial charge in [-0.3, -0.25) is 9.59 Å². The van der Waals surface area contributed by atoms with E-state index < -0.39 is 0 Å². The lowest BCUT2D eigenvalue weighted by atomic mass is 10.2. The zero-order valence-corrected chi connectivity index (χ0v) is 12.1. The molecule has 0 bridgehead atoms. The molecule has 5 nitrogen and oxygen atoms in total. The third kappa shape index (κ3) is 6.81. The first-order valence-electron chi connectivity index (χ1n) is 6.19. The molecule has 0 radical (unpaired) electrons. The van der Waals surface area contributed by atoms with Crippen LogP contribution in [0.15, 0.2) is 24.3 Å². The van der Waals surface area contributed by atoms with Gasteiger partial charge in [0.05, 0.1) is 17.4 Å². The number of nitrogens with one attached hydrogen (secondary N) is 2. The van der Waals surface area contributed by atoms with Gasteiger partial charge in [0, 0.05) is 25.8 Å². The minimum Gasteiger partial charge on any atom is -0.355 e. The Balaban J connectivity index is 2.15. The number of carbonyl (C=O) groups is 2. The minimum absolute atomic E-state index is 0.0472. The molecule has 2 amide bonds. The molecule has 0 aliphatic heterocycles. The van der Waals surface area contributed by atoms with E-state index in [-0.39, 0.29) is 11.8 Å². The number of hydrogen-bond donors (Lipinski definition) is 2. The summed E-state index contributed by atoms with van der Waals surface area (Å²) in [6.45, 7) is 2.33. The number of thioether (sulfide) groups is 1. The van der Waals surface area contributed by atoms with Crippen molar-refractivity contribution in [3.05, 3.63) is 35.4 Å². The topological polar surface area (TPSA) is 82.0 Å². The summed E-state index contributed by atoms with van der Waals surface area (Å²) in [6.07, 6.45) is 0. The molecule has 1 rings (SSSR count). The summed E-state index contributed by atoms with van der Waals surface area (Å²) < 4.78 is 0. The van der Waals surface area contributed by atoms with E-state index in [0.29, 0.717) is 24.4 Å². The molecule has 1 aromatic carbocycles. The van der Waals surface area contributed by atoms with E-state index >= 15 is 0 Å². The van der Waals surface area contributed by atoms with Gasteiger partial charge in [-0.15, -0.1) is 11.8 Å².